The van der Waals surface area contributed by atoms with Gasteiger partial charge in [0, 0.05) is 5.56 Å². The molecule has 1 heteroatoms. The molecule has 0 aromatic heterocycles. The van der Waals surface area contributed by atoms with Crippen LogP contribution in [0.15, 0.2) is 24.8 Å². The standard InChI is InChI=1S/C13H18O/c1-3-5-6-9-12-11(4-2)8-7-10-13(12)14/h4,7-8,10,14H,2-3,5-6,9H2,1H3. The summed E-state index contributed by atoms with van der Waals surface area (Å²) in [5.41, 5.74) is 2.09. The Kier molecular flexibility index (Phi) is 4.24. The maximum Gasteiger partial charge on any atom is 0.119 e. The molecule has 0 saturated carbocycles. The molecule has 0 bridgehead atoms. The van der Waals surface area contributed by atoms with Gasteiger partial charge in [-0.05, 0) is 24.5 Å². The molecule has 1 N–H and O–H groups in total. The SMILES string of the molecule is C=Cc1cccc(O)c1CCCCC. The number of aromatic hydroxyl groups is 1. The van der Waals surface area contributed by atoms with Crippen molar-refractivity contribution in [3.8, 4) is 5.75 Å². The molecule has 0 atom stereocenters. The Labute approximate surface area is 86.1 Å². The van der Waals surface area contributed by atoms with Gasteiger partial charge in [0.25, 0.3) is 0 Å². The zero-order chi connectivity index (χ0) is 10.4. The molecule has 0 heterocycles. The van der Waals surface area contributed by atoms with Crippen molar-refractivity contribution in [2.75, 3.05) is 0 Å². The van der Waals surface area contributed by atoms with Crippen LogP contribution in [-0.4, -0.2) is 5.11 Å². The second kappa shape index (κ2) is 5.48. The first-order valence-corrected chi connectivity index (χ1v) is 5.23. The first-order chi connectivity index (χ1) is 6.79. The summed E-state index contributed by atoms with van der Waals surface area (Å²) in [6.45, 7) is 5.93. The van der Waals surface area contributed by atoms with Crippen LogP contribution in [0.5, 0.6) is 5.75 Å². The van der Waals surface area contributed by atoms with Gasteiger partial charge in [-0.2, -0.15) is 0 Å². The lowest BCUT2D eigenvalue weighted by Crippen LogP contribution is -1.90. The van der Waals surface area contributed by atoms with E-state index < -0.39 is 0 Å². The second-order valence-electron chi connectivity index (χ2n) is 3.51. The summed E-state index contributed by atoms with van der Waals surface area (Å²) >= 11 is 0. The topological polar surface area (TPSA) is 20.2 Å². The average molecular weight is 190 g/mol. The second-order valence-corrected chi connectivity index (χ2v) is 3.51. The molecule has 0 aliphatic carbocycles. The van der Waals surface area contributed by atoms with Crippen LogP contribution in [0.2, 0.25) is 0 Å². The highest BCUT2D eigenvalue weighted by Gasteiger charge is 2.04. The molecule has 0 fully saturated rings. The van der Waals surface area contributed by atoms with E-state index in [0.717, 1.165) is 24.0 Å². The van der Waals surface area contributed by atoms with Gasteiger partial charge in [-0.3, -0.25) is 0 Å². The van der Waals surface area contributed by atoms with E-state index >= 15 is 0 Å². The monoisotopic (exact) mass is 190 g/mol. The molecule has 1 nitrogen and oxygen atoms in total. The summed E-state index contributed by atoms with van der Waals surface area (Å²) in [6.07, 6.45) is 6.31. The van der Waals surface area contributed by atoms with Crippen molar-refractivity contribution < 1.29 is 5.11 Å². The van der Waals surface area contributed by atoms with Crippen molar-refractivity contribution in [1.82, 2.24) is 0 Å². The molecule has 0 aliphatic rings. The van der Waals surface area contributed by atoms with E-state index in [1.54, 1.807) is 12.1 Å². The molecular formula is C13H18O. The van der Waals surface area contributed by atoms with Crippen LogP contribution in [0.4, 0.5) is 0 Å². The normalized spacial score (nSPS) is 10.1. The van der Waals surface area contributed by atoms with Gasteiger partial charge in [0.1, 0.15) is 5.75 Å². The third kappa shape index (κ3) is 2.63. The quantitative estimate of drug-likeness (QED) is 0.701. The minimum atomic E-state index is 0.401. The van der Waals surface area contributed by atoms with Crippen LogP contribution < -0.4 is 0 Å². The predicted octanol–water partition coefficient (Wildman–Crippen LogP) is 3.77. The number of hydrogen-bond acceptors (Lipinski definition) is 1. The van der Waals surface area contributed by atoms with Gasteiger partial charge in [-0.1, -0.05) is 44.6 Å². The summed E-state index contributed by atoms with van der Waals surface area (Å²) < 4.78 is 0. The van der Waals surface area contributed by atoms with Gasteiger partial charge in [-0.15, -0.1) is 0 Å². The van der Waals surface area contributed by atoms with Gasteiger partial charge in [-0.25, -0.2) is 0 Å². The summed E-state index contributed by atoms with van der Waals surface area (Å²) in [7, 11) is 0. The molecule has 0 amide bonds. The zero-order valence-electron chi connectivity index (χ0n) is 8.79. The molecular weight excluding hydrogens is 172 g/mol. The molecule has 0 radical (unpaired) electrons. The zero-order valence-corrected chi connectivity index (χ0v) is 8.79. The summed E-state index contributed by atoms with van der Waals surface area (Å²) in [6, 6.07) is 5.60. The van der Waals surface area contributed by atoms with Gasteiger partial charge in [0.2, 0.25) is 0 Å². The summed E-state index contributed by atoms with van der Waals surface area (Å²) in [4.78, 5) is 0. The Morgan fingerprint density at radius 3 is 2.79 bits per heavy atom. The van der Waals surface area contributed by atoms with Crippen molar-refractivity contribution in [2.45, 2.75) is 32.6 Å². The van der Waals surface area contributed by atoms with Crippen LogP contribution in [0, 0.1) is 0 Å². The molecule has 14 heavy (non-hydrogen) atoms. The predicted molar refractivity (Wildman–Crippen MR) is 61.4 cm³/mol. The molecule has 0 unspecified atom stereocenters. The van der Waals surface area contributed by atoms with Crippen LogP contribution in [0.25, 0.3) is 6.08 Å². The van der Waals surface area contributed by atoms with E-state index in [1.807, 2.05) is 12.1 Å². The Morgan fingerprint density at radius 1 is 1.36 bits per heavy atom. The van der Waals surface area contributed by atoms with E-state index in [0.29, 0.717) is 5.75 Å². The fraction of sp³-hybridized carbons (Fsp3) is 0.385. The highest BCUT2D eigenvalue weighted by molar-refractivity contribution is 5.56. The Morgan fingerprint density at radius 2 is 2.14 bits per heavy atom. The lowest BCUT2D eigenvalue weighted by atomic mass is 10.0. The van der Waals surface area contributed by atoms with Crippen LogP contribution in [0.3, 0.4) is 0 Å². The first kappa shape index (κ1) is 10.8. The molecule has 1 aromatic carbocycles. The van der Waals surface area contributed by atoms with E-state index in [9.17, 15) is 5.11 Å². The smallest absolute Gasteiger partial charge is 0.119 e. The average Bonchev–Trinajstić information content (AvgIpc) is 2.20. The number of hydrogen-bond donors (Lipinski definition) is 1. The number of rotatable bonds is 5. The van der Waals surface area contributed by atoms with Crippen molar-refractivity contribution in [3.05, 3.63) is 35.9 Å². The lowest BCUT2D eigenvalue weighted by Gasteiger charge is -2.07. The van der Waals surface area contributed by atoms with Crippen LogP contribution in [-0.2, 0) is 6.42 Å². The van der Waals surface area contributed by atoms with Crippen molar-refractivity contribution in [2.24, 2.45) is 0 Å². The summed E-state index contributed by atoms with van der Waals surface area (Å²) in [5.74, 6) is 0.401. The minimum Gasteiger partial charge on any atom is -0.508 e. The van der Waals surface area contributed by atoms with Crippen molar-refractivity contribution in [3.63, 3.8) is 0 Å². The molecule has 0 saturated heterocycles. The highest BCUT2D eigenvalue weighted by Crippen LogP contribution is 2.23. The number of phenolic OH excluding ortho intramolecular Hbond substituents is 1. The number of unbranched alkanes of at least 4 members (excludes halogenated alkanes) is 2. The minimum absolute atomic E-state index is 0.401. The van der Waals surface area contributed by atoms with E-state index in [4.69, 9.17) is 0 Å². The van der Waals surface area contributed by atoms with Gasteiger partial charge in [0.05, 0.1) is 0 Å². The molecule has 76 valence electrons. The van der Waals surface area contributed by atoms with Crippen LogP contribution in [0.1, 0.15) is 37.3 Å². The maximum atomic E-state index is 9.67. The van der Waals surface area contributed by atoms with E-state index in [1.165, 1.54) is 12.8 Å². The Hall–Kier alpha value is -1.24. The first-order valence-electron chi connectivity index (χ1n) is 5.23. The largest absolute Gasteiger partial charge is 0.508 e. The Bertz CT molecular complexity index is 302. The third-order valence-electron chi connectivity index (χ3n) is 2.44. The van der Waals surface area contributed by atoms with Gasteiger partial charge < -0.3 is 5.11 Å². The Balaban J connectivity index is 2.77. The third-order valence-corrected chi connectivity index (χ3v) is 2.44. The molecule has 0 spiro atoms. The van der Waals surface area contributed by atoms with E-state index in [-0.39, 0.29) is 0 Å². The fourth-order valence-corrected chi connectivity index (χ4v) is 1.61. The molecule has 1 rings (SSSR count). The van der Waals surface area contributed by atoms with Gasteiger partial charge in [0.15, 0.2) is 0 Å². The maximum absolute atomic E-state index is 9.67. The van der Waals surface area contributed by atoms with Crippen molar-refractivity contribution >= 4 is 6.08 Å². The summed E-state index contributed by atoms with van der Waals surface area (Å²) in [5, 5.41) is 9.67. The van der Waals surface area contributed by atoms with Crippen LogP contribution >= 0.6 is 0 Å². The fourth-order valence-electron chi connectivity index (χ4n) is 1.61. The van der Waals surface area contributed by atoms with Crippen molar-refractivity contribution in [1.29, 1.82) is 0 Å². The number of benzene rings is 1. The highest BCUT2D eigenvalue weighted by atomic mass is 16.3. The molecule has 1 aromatic rings. The number of phenols is 1. The van der Waals surface area contributed by atoms with E-state index in [2.05, 4.69) is 13.5 Å². The van der Waals surface area contributed by atoms with Gasteiger partial charge >= 0.3 is 0 Å². The molecule has 0 aliphatic heterocycles. The lowest BCUT2D eigenvalue weighted by molar-refractivity contribution is 0.466.